The minimum atomic E-state index is 0.361. The molecule has 0 amide bonds. The summed E-state index contributed by atoms with van der Waals surface area (Å²) in [5, 5.41) is 10.3. The van der Waals surface area contributed by atoms with Crippen molar-refractivity contribution in [2.24, 2.45) is 0 Å². The van der Waals surface area contributed by atoms with Gasteiger partial charge in [0, 0.05) is 30.1 Å². The molecule has 0 bridgehead atoms. The summed E-state index contributed by atoms with van der Waals surface area (Å²) in [6.45, 7) is 10.0. The zero-order valence-electron chi connectivity index (χ0n) is 12.5. The lowest BCUT2D eigenvalue weighted by Crippen LogP contribution is -2.12. The Morgan fingerprint density at radius 3 is 2.65 bits per heavy atom. The lowest BCUT2D eigenvalue weighted by molar-refractivity contribution is 0.439. The van der Waals surface area contributed by atoms with Gasteiger partial charge in [0.2, 0.25) is 11.8 Å². The Labute approximate surface area is 119 Å². The number of nitrogens with one attached hydrogen (secondary N) is 2. The van der Waals surface area contributed by atoms with Crippen molar-refractivity contribution in [3.63, 3.8) is 0 Å². The second kappa shape index (κ2) is 6.52. The standard InChI is InChI=1S/C15H22N4O/c1-5-16-9-12-7-13(10(2)3)17-14(8-12)20-15-6-11(4)18-19-15/h6-8,10,16H,5,9H2,1-4H3,(H,18,19). The fourth-order valence-corrected chi connectivity index (χ4v) is 1.85. The summed E-state index contributed by atoms with van der Waals surface area (Å²) in [6.07, 6.45) is 0. The van der Waals surface area contributed by atoms with Gasteiger partial charge >= 0.3 is 0 Å². The van der Waals surface area contributed by atoms with E-state index in [0.29, 0.717) is 17.7 Å². The third-order valence-electron chi connectivity index (χ3n) is 2.94. The van der Waals surface area contributed by atoms with Crippen LogP contribution in [0.1, 0.15) is 43.6 Å². The van der Waals surface area contributed by atoms with Gasteiger partial charge in [-0.25, -0.2) is 4.98 Å². The fourth-order valence-electron chi connectivity index (χ4n) is 1.85. The largest absolute Gasteiger partial charge is 0.419 e. The summed E-state index contributed by atoms with van der Waals surface area (Å²) in [5.74, 6) is 1.50. The maximum Gasteiger partial charge on any atom is 0.240 e. The average molecular weight is 274 g/mol. The first kappa shape index (κ1) is 14.5. The van der Waals surface area contributed by atoms with Crippen molar-refractivity contribution in [2.75, 3.05) is 6.54 Å². The Balaban J connectivity index is 2.23. The predicted octanol–water partition coefficient (Wildman–Crippen LogP) is 3.14. The molecule has 0 saturated carbocycles. The summed E-state index contributed by atoms with van der Waals surface area (Å²) in [4.78, 5) is 4.54. The van der Waals surface area contributed by atoms with Crippen LogP contribution in [0.4, 0.5) is 0 Å². The van der Waals surface area contributed by atoms with Gasteiger partial charge in [-0.15, -0.1) is 5.10 Å². The van der Waals surface area contributed by atoms with Crippen molar-refractivity contribution >= 4 is 0 Å². The van der Waals surface area contributed by atoms with Crippen LogP contribution in [0, 0.1) is 6.92 Å². The number of aryl methyl sites for hydroxylation is 1. The Kier molecular flexibility index (Phi) is 4.74. The van der Waals surface area contributed by atoms with Gasteiger partial charge in [-0.3, -0.25) is 5.10 Å². The van der Waals surface area contributed by atoms with E-state index in [2.05, 4.69) is 47.3 Å². The molecule has 20 heavy (non-hydrogen) atoms. The Hall–Kier alpha value is -1.88. The van der Waals surface area contributed by atoms with Gasteiger partial charge in [0.25, 0.3) is 0 Å². The average Bonchev–Trinajstić information content (AvgIpc) is 2.81. The van der Waals surface area contributed by atoms with Crippen molar-refractivity contribution in [2.45, 2.75) is 40.2 Å². The van der Waals surface area contributed by atoms with Crippen molar-refractivity contribution in [3.8, 4) is 11.8 Å². The Morgan fingerprint density at radius 1 is 1.25 bits per heavy atom. The molecule has 0 aliphatic heterocycles. The van der Waals surface area contributed by atoms with Crippen molar-refractivity contribution in [3.05, 3.63) is 35.2 Å². The minimum Gasteiger partial charge on any atom is -0.419 e. The molecule has 0 radical (unpaired) electrons. The second-order valence-electron chi connectivity index (χ2n) is 5.16. The van der Waals surface area contributed by atoms with Crippen LogP contribution in [0.5, 0.6) is 11.8 Å². The van der Waals surface area contributed by atoms with Crippen molar-refractivity contribution < 1.29 is 4.74 Å². The van der Waals surface area contributed by atoms with E-state index >= 15 is 0 Å². The van der Waals surface area contributed by atoms with Crippen LogP contribution in [0.3, 0.4) is 0 Å². The second-order valence-corrected chi connectivity index (χ2v) is 5.16. The van der Waals surface area contributed by atoms with Crippen LogP contribution in [-0.2, 0) is 6.54 Å². The molecule has 2 aromatic heterocycles. The monoisotopic (exact) mass is 274 g/mol. The molecule has 0 aliphatic rings. The highest BCUT2D eigenvalue weighted by Gasteiger charge is 2.09. The van der Waals surface area contributed by atoms with E-state index in [9.17, 15) is 0 Å². The van der Waals surface area contributed by atoms with Gasteiger partial charge in [0.15, 0.2) is 0 Å². The van der Waals surface area contributed by atoms with Crippen molar-refractivity contribution in [1.29, 1.82) is 0 Å². The number of aromatic nitrogens is 3. The first-order valence-corrected chi connectivity index (χ1v) is 7.00. The van der Waals surface area contributed by atoms with Crippen LogP contribution < -0.4 is 10.1 Å². The molecule has 0 aromatic carbocycles. The van der Waals surface area contributed by atoms with Gasteiger partial charge < -0.3 is 10.1 Å². The third-order valence-corrected chi connectivity index (χ3v) is 2.94. The molecule has 0 saturated heterocycles. The summed E-state index contributed by atoms with van der Waals surface area (Å²) in [7, 11) is 0. The van der Waals surface area contributed by atoms with E-state index in [1.807, 2.05) is 19.1 Å². The highest BCUT2D eigenvalue weighted by atomic mass is 16.5. The molecule has 2 heterocycles. The number of nitrogens with zero attached hydrogens (tertiary/aromatic N) is 2. The molecule has 0 aliphatic carbocycles. The molecule has 2 N–H and O–H groups in total. The molecule has 0 spiro atoms. The fraction of sp³-hybridized carbons (Fsp3) is 0.467. The van der Waals surface area contributed by atoms with Crippen LogP contribution in [0.15, 0.2) is 18.2 Å². The topological polar surface area (TPSA) is 62.8 Å². The number of aromatic amines is 1. The molecule has 0 fully saturated rings. The number of hydrogen-bond donors (Lipinski definition) is 2. The SMILES string of the molecule is CCNCc1cc(Oc2cc(C)[nH]n2)nc(C(C)C)c1. The first-order chi connectivity index (χ1) is 9.58. The van der Waals surface area contributed by atoms with E-state index in [4.69, 9.17) is 4.74 Å². The summed E-state index contributed by atoms with van der Waals surface area (Å²) < 4.78 is 5.73. The first-order valence-electron chi connectivity index (χ1n) is 7.00. The zero-order valence-corrected chi connectivity index (χ0v) is 12.5. The van der Waals surface area contributed by atoms with Crippen LogP contribution >= 0.6 is 0 Å². The highest BCUT2D eigenvalue weighted by Crippen LogP contribution is 2.23. The molecular weight excluding hydrogens is 252 g/mol. The van der Waals surface area contributed by atoms with Crippen LogP contribution in [-0.4, -0.2) is 21.7 Å². The maximum atomic E-state index is 5.73. The summed E-state index contributed by atoms with van der Waals surface area (Å²) in [6, 6.07) is 5.93. The van der Waals surface area contributed by atoms with Gasteiger partial charge in [-0.05, 0) is 31.0 Å². The smallest absolute Gasteiger partial charge is 0.240 e. The molecule has 2 rings (SSSR count). The van der Waals surface area contributed by atoms with E-state index < -0.39 is 0 Å². The number of rotatable bonds is 6. The lowest BCUT2D eigenvalue weighted by Gasteiger charge is -2.11. The lowest BCUT2D eigenvalue weighted by atomic mass is 10.1. The van der Waals surface area contributed by atoms with Crippen LogP contribution in [0.2, 0.25) is 0 Å². The minimum absolute atomic E-state index is 0.361. The molecular formula is C15H22N4O. The third kappa shape index (κ3) is 3.81. The highest BCUT2D eigenvalue weighted by molar-refractivity contribution is 5.29. The van der Waals surface area contributed by atoms with E-state index in [1.165, 1.54) is 5.56 Å². The van der Waals surface area contributed by atoms with E-state index in [-0.39, 0.29) is 0 Å². The molecule has 5 heteroatoms. The normalized spacial score (nSPS) is 11.1. The summed E-state index contributed by atoms with van der Waals surface area (Å²) in [5.41, 5.74) is 3.17. The number of pyridine rings is 1. The number of hydrogen-bond acceptors (Lipinski definition) is 4. The molecule has 2 aromatic rings. The molecule has 108 valence electrons. The van der Waals surface area contributed by atoms with Gasteiger partial charge in [0.1, 0.15) is 0 Å². The maximum absolute atomic E-state index is 5.73. The van der Waals surface area contributed by atoms with Gasteiger partial charge in [-0.1, -0.05) is 20.8 Å². The number of ether oxygens (including phenoxy) is 1. The van der Waals surface area contributed by atoms with Gasteiger partial charge in [0.05, 0.1) is 0 Å². The zero-order chi connectivity index (χ0) is 14.5. The quantitative estimate of drug-likeness (QED) is 0.849. The molecule has 5 nitrogen and oxygen atoms in total. The van der Waals surface area contributed by atoms with Gasteiger partial charge in [-0.2, -0.15) is 0 Å². The molecule has 0 unspecified atom stereocenters. The van der Waals surface area contributed by atoms with Crippen LogP contribution in [0.25, 0.3) is 0 Å². The summed E-state index contributed by atoms with van der Waals surface area (Å²) >= 11 is 0. The Morgan fingerprint density at radius 2 is 2.05 bits per heavy atom. The van der Waals surface area contributed by atoms with Crippen molar-refractivity contribution in [1.82, 2.24) is 20.5 Å². The Bertz CT molecular complexity index is 563. The predicted molar refractivity (Wildman–Crippen MR) is 79.1 cm³/mol. The van der Waals surface area contributed by atoms with E-state index in [1.54, 1.807) is 0 Å². The van der Waals surface area contributed by atoms with E-state index in [0.717, 1.165) is 24.5 Å². The number of H-pyrrole nitrogens is 1. The molecule has 0 atom stereocenters.